The van der Waals surface area contributed by atoms with Crippen LogP contribution in [-0.4, -0.2) is 28.9 Å². The standard InChI is InChI=1S/C38H28Br2N2O2/c39-30-18-6-4-12-25(30)20-26-21-42-22-36(35(26)43)33(27-15-5-7-19-31(27)40)34(24-10-2-1-3-11-24)41-37(36)28-16-8-13-23-14-9-17-29(32(23)28)38(37,42)44/h1-20,33-34,41,44H,21-22H2/b26-20+/t33-,34-,36+,37-,38-/m0/s1. The van der Waals surface area contributed by atoms with Crippen LogP contribution in [0.3, 0.4) is 0 Å². The fourth-order valence-corrected chi connectivity index (χ4v) is 10.1. The summed E-state index contributed by atoms with van der Waals surface area (Å²) in [5.41, 5.74) is 2.13. The van der Waals surface area contributed by atoms with Gasteiger partial charge in [-0.15, -0.1) is 0 Å². The molecular weight excluding hydrogens is 676 g/mol. The van der Waals surface area contributed by atoms with Crippen molar-refractivity contribution >= 4 is 54.5 Å². The van der Waals surface area contributed by atoms with Gasteiger partial charge < -0.3 is 5.11 Å². The predicted molar refractivity (Wildman–Crippen MR) is 180 cm³/mol. The zero-order chi connectivity index (χ0) is 29.8. The van der Waals surface area contributed by atoms with Gasteiger partial charge in [-0.25, -0.2) is 0 Å². The number of carbonyl (C=O) groups is 1. The van der Waals surface area contributed by atoms with E-state index in [0.717, 1.165) is 47.5 Å². The van der Waals surface area contributed by atoms with Crippen LogP contribution in [0.1, 0.15) is 39.8 Å². The number of nitrogens with zero attached hydrogens (tertiary/aromatic N) is 1. The molecule has 5 aromatic rings. The van der Waals surface area contributed by atoms with E-state index < -0.39 is 16.7 Å². The number of benzene rings is 5. The molecule has 5 aromatic carbocycles. The van der Waals surface area contributed by atoms with E-state index in [9.17, 15) is 5.11 Å². The molecule has 9 rings (SSSR count). The fourth-order valence-electron chi connectivity index (χ4n) is 9.18. The molecule has 3 fully saturated rings. The molecule has 0 radical (unpaired) electrons. The number of piperidine rings is 1. The van der Waals surface area contributed by atoms with E-state index in [-0.39, 0.29) is 17.7 Å². The van der Waals surface area contributed by atoms with Gasteiger partial charge in [-0.2, -0.15) is 0 Å². The smallest absolute Gasteiger partial charge is 0.170 e. The number of hydrogen-bond acceptors (Lipinski definition) is 4. The lowest BCUT2D eigenvalue weighted by atomic mass is 9.57. The van der Waals surface area contributed by atoms with Gasteiger partial charge in [0.05, 0.1) is 5.41 Å². The molecular formula is C38H28Br2N2O2. The second-order valence-electron chi connectivity index (χ2n) is 12.5. The molecule has 3 saturated heterocycles. The maximum absolute atomic E-state index is 15.6. The second-order valence-corrected chi connectivity index (χ2v) is 14.2. The van der Waals surface area contributed by atoms with Crippen molar-refractivity contribution in [2.24, 2.45) is 5.41 Å². The van der Waals surface area contributed by atoms with Crippen molar-refractivity contribution in [3.63, 3.8) is 0 Å². The summed E-state index contributed by atoms with van der Waals surface area (Å²) in [5, 5.41) is 19.7. The Labute approximate surface area is 272 Å². The Hall–Kier alpha value is -3.39. The minimum absolute atomic E-state index is 0.0944. The van der Waals surface area contributed by atoms with Gasteiger partial charge in [-0.3, -0.25) is 15.0 Å². The third-order valence-corrected chi connectivity index (χ3v) is 12.1. The summed E-state index contributed by atoms with van der Waals surface area (Å²) < 4.78 is 1.90. The number of ketones is 1. The average molecular weight is 704 g/mol. The lowest BCUT2D eigenvalue weighted by Crippen LogP contribution is -2.59. The van der Waals surface area contributed by atoms with Crippen LogP contribution in [0.2, 0.25) is 0 Å². The van der Waals surface area contributed by atoms with Crippen molar-refractivity contribution in [3.8, 4) is 0 Å². The largest absolute Gasteiger partial charge is 0.369 e. The fraction of sp³-hybridized carbons (Fsp3) is 0.184. The van der Waals surface area contributed by atoms with E-state index >= 15 is 4.79 Å². The van der Waals surface area contributed by atoms with Crippen molar-refractivity contribution in [3.05, 3.63) is 158 Å². The number of carbonyl (C=O) groups excluding carboxylic acids is 1. The third kappa shape index (κ3) is 3.11. The lowest BCUT2D eigenvalue weighted by Gasteiger charge is -2.44. The van der Waals surface area contributed by atoms with E-state index in [1.165, 1.54) is 0 Å². The van der Waals surface area contributed by atoms with Gasteiger partial charge >= 0.3 is 0 Å². The number of halogens is 2. The first-order chi connectivity index (χ1) is 21.4. The van der Waals surface area contributed by atoms with Gasteiger partial charge in [0.2, 0.25) is 0 Å². The molecule has 6 atom stereocenters. The molecule has 0 aromatic heterocycles. The third-order valence-electron chi connectivity index (χ3n) is 10.7. The van der Waals surface area contributed by atoms with Crippen LogP contribution in [0.25, 0.3) is 16.8 Å². The summed E-state index contributed by atoms with van der Waals surface area (Å²) in [6.45, 7) is 0.785. The highest BCUT2D eigenvalue weighted by Gasteiger charge is 2.85. The molecule has 2 bridgehead atoms. The minimum Gasteiger partial charge on any atom is -0.369 e. The SMILES string of the molecule is O=C1/C(=C/c2ccccc2Br)CN2C[C@@]13[C@@H](c1ccccc1Br)[C@H](c1ccccc1)N[C@@]31c3cccc4cccc(c34)[C@@]21O. The van der Waals surface area contributed by atoms with E-state index in [1.807, 2.05) is 48.5 Å². The van der Waals surface area contributed by atoms with E-state index in [2.05, 4.69) is 115 Å². The van der Waals surface area contributed by atoms with Crippen LogP contribution in [0.15, 0.2) is 130 Å². The number of Topliss-reactive ketones (excluding diaryl/α,β-unsaturated/α-hetero) is 1. The molecule has 3 heterocycles. The quantitative estimate of drug-likeness (QED) is 0.188. The first kappa shape index (κ1) is 27.0. The number of rotatable bonds is 3. The number of hydrogen-bond donors (Lipinski definition) is 2. The van der Waals surface area contributed by atoms with Crippen molar-refractivity contribution in [2.45, 2.75) is 23.2 Å². The normalized spacial score (nSPS) is 32.3. The second kappa shape index (κ2) is 9.32. The van der Waals surface area contributed by atoms with Crippen LogP contribution in [-0.2, 0) is 16.1 Å². The average Bonchev–Trinajstić information content (AvgIpc) is 3.54. The van der Waals surface area contributed by atoms with Gasteiger partial charge in [0.15, 0.2) is 11.5 Å². The zero-order valence-corrected chi connectivity index (χ0v) is 26.8. The van der Waals surface area contributed by atoms with Gasteiger partial charge in [0.1, 0.15) is 5.54 Å². The van der Waals surface area contributed by atoms with Crippen molar-refractivity contribution in [1.82, 2.24) is 10.2 Å². The zero-order valence-electron chi connectivity index (χ0n) is 23.7. The summed E-state index contributed by atoms with van der Waals surface area (Å²) >= 11 is 7.60. The highest BCUT2D eigenvalue weighted by molar-refractivity contribution is 9.10. The van der Waals surface area contributed by atoms with E-state index in [1.54, 1.807) is 0 Å². The van der Waals surface area contributed by atoms with Gasteiger partial charge in [0, 0.05) is 45.1 Å². The monoisotopic (exact) mass is 702 g/mol. The van der Waals surface area contributed by atoms with E-state index in [0.29, 0.717) is 18.7 Å². The first-order valence-corrected chi connectivity index (χ1v) is 16.6. The lowest BCUT2D eigenvalue weighted by molar-refractivity contribution is -0.139. The van der Waals surface area contributed by atoms with E-state index in [4.69, 9.17) is 0 Å². The topological polar surface area (TPSA) is 52.6 Å². The molecule has 0 saturated carbocycles. The van der Waals surface area contributed by atoms with Crippen LogP contribution >= 0.6 is 31.9 Å². The maximum atomic E-state index is 15.6. The number of aliphatic hydroxyl groups is 1. The Kier molecular flexibility index (Phi) is 5.71. The summed E-state index contributed by atoms with van der Waals surface area (Å²) in [6, 6.07) is 39.0. The number of fused-ring (bicyclic) bond motifs is 3. The van der Waals surface area contributed by atoms with Crippen LogP contribution in [0, 0.1) is 5.41 Å². The van der Waals surface area contributed by atoms with Crippen LogP contribution < -0.4 is 5.32 Å². The van der Waals surface area contributed by atoms with Crippen LogP contribution in [0.5, 0.6) is 0 Å². The summed E-state index contributed by atoms with van der Waals surface area (Å²) in [7, 11) is 0. The maximum Gasteiger partial charge on any atom is 0.170 e. The molecule has 4 nitrogen and oxygen atoms in total. The summed E-state index contributed by atoms with van der Waals surface area (Å²) in [4.78, 5) is 17.8. The molecule has 1 unspecified atom stereocenters. The Morgan fingerprint density at radius 3 is 2.23 bits per heavy atom. The molecule has 0 amide bonds. The summed E-state index contributed by atoms with van der Waals surface area (Å²) in [6.07, 6.45) is 2.03. The van der Waals surface area contributed by atoms with Crippen molar-refractivity contribution < 1.29 is 9.90 Å². The molecule has 216 valence electrons. The van der Waals surface area contributed by atoms with Gasteiger partial charge in [-0.05, 0) is 51.2 Å². The highest BCUT2D eigenvalue weighted by atomic mass is 79.9. The van der Waals surface area contributed by atoms with Gasteiger partial charge in [-0.1, -0.05) is 135 Å². The molecule has 2 N–H and O–H groups in total. The Morgan fingerprint density at radius 1 is 0.795 bits per heavy atom. The Balaban J connectivity index is 1.41. The minimum atomic E-state index is -1.45. The predicted octanol–water partition coefficient (Wildman–Crippen LogP) is 7.82. The summed E-state index contributed by atoms with van der Waals surface area (Å²) in [5.74, 6) is -0.186. The van der Waals surface area contributed by atoms with Crippen molar-refractivity contribution in [2.75, 3.05) is 13.1 Å². The van der Waals surface area contributed by atoms with Crippen LogP contribution in [0.4, 0.5) is 0 Å². The first-order valence-electron chi connectivity index (χ1n) is 15.0. The van der Waals surface area contributed by atoms with Gasteiger partial charge in [0.25, 0.3) is 0 Å². The Morgan fingerprint density at radius 2 is 1.48 bits per heavy atom. The molecule has 2 spiro atoms. The van der Waals surface area contributed by atoms with Crippen molar-refractivity contribution in [1.29, 1.82) is 0 Å². The Bertz CT molecular complexity index is 2060. The molecule has 1 aliphatic carbocycles. The number of nitrogens with one attached hydrogen (secondary N) is 1. The highest BCUT2D eigenvalue weighted by Crippen LogP contribution is 2.76. The molecule has 6 heteroatoms. The molecule has 3 aliphatic heterocycles. The molecule has 4 aliphatic rings. The molecule has 44 heavy (non-hydrogen) atoms.